The maximum atomic E-state index is 13.6. The number of aromatic nitrogens is 3. The molecule has 2 aliphatic rings. The molecule has 2 N–H and O–H groups in total. The van der Waals surface area contributed by atoms with Crippen molar-refractivity contribution in [2.45, 2.75) is 50.4 Å². The zero-order valence-corrected chi connectivity index (χ0v) is 22.2. The second-order valence-electron chi connectivity index (χ2n) is 10.7. The van der Waals surface area contributed by atoms with Gasteiger partial charge in [0.25, 0.3) is 5.91 Å². The van der Waals surface area contributed by atoms with Crippen LogP contribution >= 0.6 is 11.6 Å². The summed E-state index contributed by atoms with van der Waals surface area (Å²) in [6.07, 6.45) is 5.14. The highest BCUT2D eigenvalue weighted by Gasteiger charge is 2.39. The summed E-state index contributed by atoms with van der Waals surface area (Å²) in [5.41, 5.74) is 2.99. The number of amides is 1. The fourth-order valence-corrected chi connectivity index (χ4v) is 5.85. The van der Waals surface area contributed by atoms with Gasteiger partial charge >= 0.3 is 0 Å². The van der Waals surface area contributed by atoms with Crippen molar-refractivity contribution in [3.05, 3.63) is 112 Å². The maximum absolute atomic E-state index is 13.6. The monoisotopic (exact) mass is 527 g/mol. The molecule has 0 spiro atoms. The molecule has 2 heterocycles. The van der Waals surface area contributed by atoms with Gasteiger partial charge in [-0.15, -0.1) is 10.2 Å². The number of hydrogen-bond donors (Lipinski definition) is 2. The van der Waals surface area contributed by atoms with Crippen molar-refractivity contribution < 1.29 is 9.90 Å². The lowest BCUT2D eigenvalue weighted by Crippen LogP contribution is -2.47. The van der Waals surface area contributed by atoms with Gasteiger partial charge in [-0.1, -0.05) is 54.1 Å². The highest BCUT2D eigenvalue weighted by molar-refractivity contribution is 6.32. The number of benzene rings is 3. The van der Waals surface area contributed by atoms with Crippen LogP contribution in [0.1, 0.15) is 64.6 Å². The SMILES string of the molecule is Cn1cnnc1[C@@](O)(c1ccccc1)c1cccc(N2Cc3c(Cl)cc(CNC4(C)CCC4)cc3C2=O)c1. The van der Waals surface area contributed by atoms with Crippen molar-refractivity contribution in [2.24, 2.45) is 7.05 Å². The number of carbonyl (C=O) groups excluding carboxylic acids is 1. The standard InChI is InChI=1S/C30H30ClN5O2/c1-29(12-7-13-29)32-17-20-14-24-25(26(31)15-20)18-36(27(24)37)23-11-6-10-22(16-23)30(38,21-8-4-3-5-9-21)28-34-33-19-35(28)2/h3-6,8-11,14-16,19,32,38H,7,12-13,17-18H2,1-2H3/t30-/m1/s1. The van der Waals surface area contributed by atoms with Gasteiger partial charge < -0.3 is 19.9 Å². The molecule has 3 aromatic carbocycles. The molecule has 7 nitrogen and oxygen atoms in total. The minimum Gasteiger partial charge on any atom is -0.373 e. The molecule has 1 aliphatic heterocycles. The molecule has 1 aromatic heterocycles. The predicted molar refractivity (Wildman–Crippen MR) is 147 cm³/mol. The second-order valence-corrected chi connectivity index (χ2v) is 11.1. The lowest BCUT2D eigenvalue weighted by molar-refractivity contribution is 0.0995. The maximum Gasteiger partial charge on any atom is 0.258 e. The van der Waals surface area contributed by atoms with Crippen molar-refractivity contribution in [1.29, 1.82) is 0 Å². The van der Waals surface area contributed by atoms with Gasteiger partial charge in [-0.25, -0.2) is 0 Å². The summed E-state index contributed by atoms with van der Waals surface area (Å²) >= 11 is 6.69. The molecular formula is C30H30ClN5O2. The van der Waals surface area contributed by atoms with E-state index in [-0.39, 0.29) is 11.4 Å². The Morgan fingerprint density at radius 1 is 1.08 bits per heavy atom. The van der Waals surface area contributed by atoms with Crippen molar-refractivity contribution in [1.82, 2.24) is 20.1 Å². The van der Waals surface area contributed by atoms with Gasteiger partial charge in [0.2, 0.25) is 0 Å². The van der Waals surface area contributed by atoms with Crippen LogP contribution in [0.25, 0.3) is 0 Å². The smallest absolute Gasteiger partial charge is 0.258 e. The quantitative estimate of drug-likeness (QED) is 0.355. The van der Waals surface area contributed by atoms with Crippen LogP contribution in [-0.4, -0.2) is 31.3 Å². The van der Waals surface area contributed by atoms with Crippen LogP contribution in [0.15, 0.2) is 73.1 Å². The molecule has 1 atom stereocenters. The molecular weight excluding hydrogens is 498 g/mol. The van der Waals surface area contributed by atoms with Crippen LogP contribution in [-0.2, 0) is 25.7 Å². The summed E-state index contributed by atoms with van der Waals surface area (Å²) in [6, 6.07) is 20.7. The first-order chi connectivity index (χ1) is 18.3. The molecule has 1 aliphatic carbocycles. The van der Waals surface area contributed by atoms with Gasteiger partial charge in [0, 0.05) is 41.0 Å². The van der Waals surface area contributed by atoms with E-state index >= 15 is 0 Å². The highest BCUT2D eigenvalue weighted by Crippen LogP contribution is 2.39. The Morgan fingerprint density at radius 3 is 2.53 bits per heavy atom. The van der Waals surface area contributed by atoms with Gasteiger partial charge in [-0.05, 0) is 67.1 Å². The first-order valence-corrected chi connectivity index (χ1v) is 13.3. The fourth-order valence-electron chi connectivity index (χ4n) is 5.54. The second kappa shape index (κ2) is 9.34. The third-order valence-electron chi connectivity index (χ3n) is 8.03. The molecule has 4 aromatic rings. The molecule has 1 saturated carbocycles. The van der Waals surface area contributed by atoms with Crippen LogP contribution in [0.4, 0.5) is 5.69 Å². The number of aliphatic hydroxyl groups is 1. The lowest BCUT2D eigenvalue weighted by atomic mass is 9.78. The Bertz CT molecular complexity index is 1510. The molecule has 0 bridgehead atoms. The van der Waals surface area contributed by atoms with E-state index in [0.717, 1.165) is 11.1 Å². The summed E-state index contributed by atoms with van der Waals surface area (Å²) in [7, 11) is 1.80. The molecule has 0 saturated heterocycles. The molecule has 38 heavy (non-hydrogen) atoms. The fraction of sp³-hybridized carbons (Fsp3) is 0.300. The van der Waals surface area contributed by atoms with Gasteiger partial charge in [-0.2, -0.15) is 0 Å². The van der Waals surface area contributed by atoms with Crippen molar-refractivity contribution in [2.75, 3.05) is 4.90 Å². The number of fused-ring (bicyclic) bond motifs is 1. The Balaban J connectivity index is 1.34. The lowest BCUT2D eigenvalue weighted by Gasteiger charge is -2.39. The Kier molecular flexibility index (Phi) is 6.10. The Morgan fingerprint density at radius 2 is 1.84 bits per heavy atom. The number of anilines is 1. The zero-order chi connectivity index (χ0) is 26.5. The Hall–Kier alpha value is -3.52. The number of nitrogens with zero attached hydrogens (tertiary/aromatic N) is 4. The molecule has 1 amide bonds. The van der Waals surface area contributed by atoms with Gasteiger partial charge in [0.1, 0.15) is 6.33 Å². The van der Waals surface area contributed by atoms with Crippen LogP contribution in [0.5, 0.6) is 0 Å². The van der Waals surface area contributed by atoms with E-state index in [2.05, 4.69) is 22.4 Å². The van der Waals surface area contributed by atoms with E-state index in [1.165, 1.54) is 19.3 Å². The van der Waals surface area contributed by atoms with E-state index < -0.39 is 5.60 Å². The van der Waals surface area contributed by atoms with Crippen molar-refractivity contribution in [3.63, 3.8) is 0 Å². The van der Waals surface area contributed by atoms with Crippen LogP contribution < -0.4 is 10.2 Å². The average Bonchev–Trinajstić information content (AvgIpc) is 3.50. The molecule has 0 radical (unpaired) electrons. The number of aryl methyl sites for hydroxylation is 1. The molecule has 0 unspecified atom stereocenters. The molecule has 1 fully saturated rings. The van der Waals surface area contributed by atoms with Crippen LogP contribution in [0, 0.1) is 0 Å². The van der Waals surface area contributed by atoms with E-state index in [4.69, 9.17) is 11.6 Å². The molecule has 8 heteroatoms. The zero-order valence-electron chi connectivity index (χ0n) is 21.5. The third-order valence-corrected chi connectivity index (χ3v) is 8.36. The Labute approximate surface area is 227 Å². The molecule has 6 rings (SSSR count). The minimum absolute atomic E-state index is 0.0994. The number of rotatable bonds is 7. The predicted octanol–water partition coefficient (Wildman–Crippen LogP) is 4.95. The molecule has 194 valence electrons. The number of hydrogen-bond acceptors (Lipinski definition) is 5. The largest absolute Gasteiger partial charge is 0.373 e. The van der Waals surface area contributed by atoms with Crippen LogP contribution in [0.2, 0.25) is 5.02 Å². The number of nitrogens with one attached hydrogen (secondary N) is 1. The van der Waals surface area contributed by atoms with E-state index in [1.807, 2.05) is 66.7 Å². The average molecular weight is 528 g/mol. The normalized spacial score (nSPS) is 17.7. The first-order valence-electron chi connectivity index (χ1n) is 12.9. The van der Waals surface area contributed by atoms with Gasteiger partial charge in [0.15, 0.2) is 11.4 Å². The van der Waals surface area contributed by atoms with Crippen molar-refractivity contribution >= 4 is 23.2 Å². The van der Waals surface area contributed by atoms with E-state index in [0.29, 0.717) is 46.3 Å². The van der Waals surface area contributed by atoms with E-state index in [9.17, 15) is 9.90 Å². The number of halogens is 1. The summed E-state index contributed by atoms with van der Waals surface area (Å²) < 4.78 is 1.70. The topological polar surface area (TPSA) is 83.3 Å². The summed E-state index contributed by atoms with van der Waals surface area (Å²) in [4.78, 5) is 15.4. The van der Waals surface area contributed by atoms with Crippen molar-refractivity contribution in [3.8, 4) is 0 Å². The number of carbonyl (C=O) groups is 1. The summed E-state index contributed by atoms with van der Waals surface area (Å²) in [5.74, 6) is 0.287. The van der Waals surface area contributed by atoms with E-state index in [1.54, 1.807) is 22.8 Å². The third kappa shape index (κ3) is 4.11. The summed E-state index contributed by atoms with van der Waals surface area (Å²) in [6.45, 7) is 3.28. The minimum atomic E-state index is -1.56. The highest BCUT2D eigenvalue weighted by atomic mass is 35.5. The first kappa shape index (κ1) is 24.8. The van der Waals surface area contributed by atoms with Crippen LogP contribution in [0.3, 0.4) is 0 Å². The summed E-state index contributed by atoms with van der Waals surface area (Å²) in [5, 5.41) is 24.6. The van der Waals surface area contributed by atoms with Gasteiger partial charge in [0.05, 0.1) is 6.54 Å². The van der Waals surface area contributed by atoms with Gasteiger partial charge in [-0.3, -0.25) is 4.79 Å².